The van der Waals surface area contributed by atoms with Gasteiger partial charge < -0.3 is 10.2 Å². The smallest absolute Gasteiger partial charge is 0.251 e. The topological polar surface area (TPSA) is 58.1 Å². The number of carbonyl (C=O) groups is 1. The Kier molecular flexibility index (Phi) is 4.32. The van der Waals surface area contributed by atoms with Crippen LogP contribution in [-0.2, 0) is 6.54 Å². The highest BCUT2D eigenvalue weighted by Crippen LogP contribution is 2.16. The Labute approximate surface area is 130 Å². The number of hydrogen-bond acceptors (Lipinski definition) is 4. The first-order valence-electron chi connectivity index (χ1n) is 7.65. The second kappa shape index (κ2) is 6.56. The molecule has 3 rings (SSSR count). The highest BCUT2D eigenvalue weighted by Gasteiger charge is 2.16. The number of aromatic nitrogens is 2. The number of nitrogens with zero attached hydrogens (tertiary/aromatic N) is 3. The van der Waals surface area contributed by atoms with Gasteiger partial charge in [0.25, 0.3) is 5.91 Å². The van der Waals surface area contributed by atoms with E-state index in [4.69, 9.17) is 0 Å². The average Bonchev–Trinajstić information content (AvgIpc) is 3.07. The van der Waals surface area contributed by atoms with Gasteiger partial charge in [0.2, 0.25) is 5.95 Å². The van der Waals surface area contributed by atoms with E-state index in [1.165, 1.54) is 12.8 Å². The number of nitrogens with one attached hydrogen (secondary N) is 1. The molecule has 1 N–H and O–H groups in total. The summed E-state index contributed by atoms with van der Waals surface area (Å²) in [4.78, 5) is 23.4. The van der Waals surface area contributed by atoms with Crippen LogP contribution in [0.5, 0.6) is 0 Å². The number of amides is 1. The molecule has 1 fully saturated rings. The first-order valence-corrected chi connectivity index (χ1v) is 7.65. The fourth-order valence-electron chi connectivity index (χ4n) is 2.63. The van der Waals surface area contributed by atoms with Crippen LogP contribution in [0.25, 0.3) is 0 Å². The molecule has 22 heavy (non-hydrogen) atoms. The Hall–Kier alpha value is -2.43. The summed E-state index contributed by atoms with van der Waals surface area (Å²) in [5.74, 6) is 0.695. The van der Waals surface area contributed by atoms with E-state index in [0.29, 0.717) is 12.1 Å². The largest absolute Gasteiger partial charge is 0.346 e. The molecule has 2 aromatic rings. The summed E-state index contributed by atoms with van der Waals surface area (Å²) in [6, 6.07) is 11.1. The van der Waals surface area contributed by atoms with Gasteiger partial charge in [0, 0.05) is 24.3 Å². The predicted molar refractivity (Wildman–Crippen MR) is 85.8 cm³/mol. The maximum Gasteiger partial charge on any atom is 0.251 e. The van der Waals surface area contributed by atoms with Crippen LogP contribution in [0, 0.1) is 6.92 Å². The highest BCUT2D eigenvalue weighted by atomic mass is 16.1. The van der Waals surface area contributed by atoms with Gasteiger partial charge in [-0.2, -0.15) is 0 Å². The Morgan fingerprint density at radius 1 is 1.18 bits per heavy atom. The first-order chi connectivity index (χ1) is 10.7. The number of aryl methyl sites for hydroxylation is 1. The third kappa shape index (κ3) is 3.42. The minimum atomic E-state index is -0.0837. The molecule has 0 radical (unpaired) electrons. The van der Waals surface area contributed by atoms with Crippen molar-refractivity contribution in [1.82, 2.24) is 15.3 Å². The lowest BCUT2D eigenvalue weighted by molar-refractivity contribution is 0.0950. The molecular formula is C17H20N4O. The lowest BCUT2D eigenvalue weighted by Crippen LogP contribution is -2.25. The molecule has 1 aliphatic rings. The van der Waals surface area contributed by atoms with Crippen LogP contribution in [0.3, 0.4) is 0 Å². The van der Waals surface area contributed by atoms with Crippen LogP contribution in [0.1, 0.15) is 34.6 Å². The maximum absolute atomic E-state index is 12.1. The van der Waals surface area contributed by atoms with Gasteiger partial charge in [-0.1, -0.05) is 18.2 Å². The summed E-state index contributed by atoms with van der Waals surface area (Å²) >= 11 is 0. The number of carbonyl (C=O) groups excluding carboxylic acids is 1. The molecule has 114 valence electrons. The molecule has 1 aromatic carbocycles. The number of rotatable bonds is 4. The Balaban J connectivity index is 1.68. The molecule has 0 unspecified atom stereocenters. The molecule has 1 aromatic heterocycles. The van der Waals surface area contributed by atoms with Crippen LogP contribution < -0.4 is 10.2 Å². The van der Waals surface area contributed by atoms with Crippen LogP contribution in [0.15, 0.2) is 36.4 Å². The average molecular weight is 296 g/mol. The van der Waals surface area contributed by atoms with Crippen molar-refractivity contribution in [1.29, 1.82) is 0 Å². The molecule has 0 atom stereocenters. The summed E-state index contributed by atoms with van der Waals surface area (Å²) in [6.07, 6.45) is 2.38. The lowest BCUT2D eigenvalue weighted by atomic mass is 10.2. The second-order valence-electron chi connectivity index (χ2n) is 5.54. The molecule has 1 amide bonds. The van der Waals surface area contributed by atoms with Crippen molar-refractivity contribution in [3.8, 4) is 0 Å². The third-order valence-electron chi connectivity index (χ3n) is 3.75. The van der Waals surface area contributed by atoms with Crippen LogP contribution in [0.4, 0.5) is 5.95 Å². The zero-order valence-corrected chi connectivity index (χ0v) is 12.7. The summed E-state index contributed by atoms with van der Waals surface area (Å²) in [5, 5.41) is 2.91. The van der Waals surface area contributed by atoms with Gasteiger partial charge in [-0.25, -0.2) is 9.97 Å². The van der Waals surface area contributed by atoms with E-state index in [1.54, 1.807) is 12.1 Å². The van der Waals surface area contributed by atoms with Gasteiger partial charge in [0.1, 0.15) is 0 Å². The second-order valence-corrected chi connectivity index (χ2v) is 5.54. The predicted octanol–water partition coefficient (Wildman–Crippen LogP) is 2.32. The lowest BCUT2D eigenvalue weighted by Gasteiger charge is -2.16. The van der Waals surface area contributed by atoms with Crippen LogP contribution >= 0.6 is 0 Å². The Morgan fingerprint density at radius 3 is 2.64 bits per heavy atom. The molecule has 0 aliphatic carbocycles. The maximum atomic E-state index is 12.1. The highest BCUT2D eigenvalue weighted by molar-refractivity contribution is 5.94. The SMILES string of the molecule is Cc1cc(CNC(=O)c2ccccc2)nc(N2CCCC2)n1. The summed E-state index contributed by atoms with van der Waals surface area (Å²) < 4.78 is 0. The van der Waals surface area contributed by atoms with Crippen molar-refractivity contribution in [2.75, 3.05) is 18.0 Å². The number of anilines is 1. The molecule has 0 bridgehead atoms. The third-order valence-corrected chi connectivity index (χ3v) is 3.75. The Bertz CT molecular complexity index is 651. The fourth-order valence-corrected chi connectivity index (χ4v) is 2.63. The zero-order valence-electron chi connectivity index (χ0n) is 12.7. The molecule has 5 nitrogen and oxygen atoms in total. The molecule has 1 saturated heterocycles. The van der Waals surface area contributed by atoms with Gasteiger partial charge >= 0.3 is 0 Å². The van der Waals surface area contributed by atoms with E-state index in [9.17, 15) is 4.79 Å². The minimum absolute atomic E-state index is 0.0837. The van der Waals surface area contributed by atoms with Crippen molar-refractivity contribution >= 4 is 11.9 Å². The van der Waals surface area contributed by atoms with Crippen molar-refractivity contribution in [3.63, 3.8) is 0 Å². The molecular weight excluding hydrogens is 276 g/mol. The molecule has 0 saturated carbocycles. The van der Waals surface area contributed by atoms with Crippen LogP contribution in [-0.4, -0.2) is 29.0 Å². The van der Waals surface area contributed by atoms with Gasteiger partial charge in [-0.3, -0.25) is 4.79 Å². The van der Waals surface area contributed by atoms with E-state index in [0.717, 1.165) is 30.4 Å². The quantitative estimate of drug-likeness (QED) is 0.940. The Morgan fingerprint density at radius 2 is 1.91 bits per heavy atom. The van der Waals surface area contributed by atoms with Crippen molar-refractivity contribution in [2.45, 2.75) is 26.3 Å². The standard InChI is InChI=1S/C17H20N4O/c1-13-11-15(20-17(19-13)21-9-5-6-10-21)12-18-16(22)14-7-3-2-4-8-14/h2-4,7-8,11H,5-6,9-10,12H2,1H3,(H,18,22). The van der Waals surface area contributed by atoms with Gasteiger partial charge in [-0.15, -0.1) is 0 Å². The number of benzene rings is 1. The van der Waals surface area contributed by atoms with Gasteiger partial charge in [-0.05, 0) is 38.0 Å². The van der Waals surface area contributed by atoms with E-state index in [1.807, 2.05) is 31.2 Å². The van der Waals surface area contributed by atoms with Crippen LogP contribution in [0.2, 0.25) is 0 Å². The summed E-state index contributed by atoms with van der Waals surface area (Å²) in [6.45, 7) is 4.40. The van der Waals surface area contributed by atoms with Crippen molar-refractivity contribution in [3.05, 3.63) is 53.3 Å². The van der Waals surface area contributed by atoms with Crippen molar-refractivity contribution < 1.29 is 4.79 Å². The fraction of sp³-hybridized carbons (Fsp3) is 0.353. The molecule has 0 spiro atoms. The molecule has 1 aliphatic heterocycles. The van der Waals surface area contributed by atoms with E-state index < -0.39 is 0 Å². The molecule has 2 heterocycles. The van der Waals surface area contributed by atoms with E-state index >= 15 is 0 Å². The number of hydrogen-bond donors (Lipinski definition) is 1. The normalized spacial score (nSPS) is 14.1. The summed E-state index contributed by atoms with van der Waals surface area (Å²) in [5.41, 5.74) is 2.44. The van der Waals surface area contributed by atoms with Gasteiger partial charge in [0.05, 0.1) is 12.2 Å². The monoisotopic (exact) mass is 296 g/mol. The van der Waals surface area contributed by atoms with E-state index in [-0.39, 0.29) is 5.91 Å². The van der Waals surface area contributed by atoms with Gasteiger partial charge in [0.15, 0.2) is 0 Å². The van der Waals surface area contributed by atoms with E-state index in [2.05, 4.69) is 20.2 Å². The molecule has 5 heteroatoms. The zero-order chi connectivity index (χ0) is 15.4. The summed E-state index contributed by atoms with van der Waals surface area (Å²) in [7, 11) is 0. The van der Waals surface area contributed by atoms with Crippen molar-refractivity contribution in [2.24, 2.45) is 0 Å². The first kappa shape index (κ1) is 14.5. The minimum Gasteiger partial charge on any atom is -0.346 e.